The van der Waals surface area contributed by atoms with Gasteiger partial charge in [-0.15, -0.1) is 10.2 Å². The van der Waals surface area contributed by atoms with E-state index in [1.807, 2.05) is 48.2 Å². The predicted octanol–water partition coefficient (Wildman–Crippen LogP) is 3.07. The third-order valence-corrected chi connectivity index (χ3v) is 7.60. The molecule has 3 aromatic rings. The van der Waals surface area contributed by atoms with Crippen LogP contribution in [0.15, 0.2) is 59.5 Å². The van der Waals surface area contributed by atoms with Crippen molar-refractivity contribution in [2.75, 3.05) is 51.9 Å². The zero-order chi connectivity index (χ0) is 24.1. The molecule has 10 heteroatoms. The molecule has 0 radical (unpaired) electrons. The topological polar surface area (TPSA) is 94.1 Å². The second kappa shape index (κ2) is 10.3. The Balaban J connectivity index is 1.42. The van der Waals surface area contributed by atoms with E-state index >= 15 is 0 Å². The minimum absolute atomic E-state index is 0.128. The molecular formula is C24H28N4O5S. The Bertz CT molecular complexity index is 1210. The van der Waals surface area contributed by atoms with E-state index in [1.54, 1.807) is 12.1 Å². The fourth-order valence-electron chi connectivity index (χ4n) is 3.82. The van der Waals surface area contributed by atoms with Gasteiger partial charge in [0.05, 0.1) is 26.5 Å². The molecule has 0 aliphatic carbocycles. The second-order valence-electron chi connectivity index (χ2n) is 7.64. The van der Waals surface area contributed by atoms with Gasteiger partial charge in [-0.1, -0.05) is 0 Å². The summed E-state index contributed by atoms with van der Waals surface area (Å²) >= 11 is 0. The molecule has 2 heterocycles. The quantitative estimate of drug-likeness (QED) is 0.482. The number of hydrogen-bond acceptors (Lipinski definition) is 8. The van der Waals surface area contributed by atoms with E-state index in [2.05, 4.69) is 10.2 Å². The van der Waals surface area contributed by atoms with Crippen LogP contribution < -0.4 is 19.1 Å². The molecular weight excluding hydrogens is 456 g/mol. The van der Waals surface area contributed by atoms with E-state index < -0.39 is 10.0 Å². The summed E-state index contributed by atoms with van der Waals surface area (Å²) in [5.74, 6) is 2.33. The monoisotopic (exact) mass is 484 g/mol. The lowest BCUT2D eigenvalue weighted by molar-refractivity contribution is 0.340. The van der Waals surface area contributed by atoms with Crippen molar-refractivity contribution in [3.8, 4) is 28.5 Å². The third-order valence-electron chi connectivity index (χ3n) is 5.66. The van der Waals surface area contributed by atoms with Crippen LogP contribution in [0.1, 0.15) is 6.92 Å². The van der Waals surface area contributed by atoms with Gasteiger partial charge in [-0.05, 0) is 55.5 Å². The Morgan fingerprint density at radius 2 is 1.56 bits per heavy atom. The van der Waals surface area contributed by atoms with Crippen molar-refractivity contribution in [2.45, 2.75) is 11.8 Å². The van der Waals surface area contributed by atoms with Crippen LogP contribution in [0.25, 0.3) is 11.3 Å². The first-order valence-electron chi connectivity index (χ1n) is 11.0. The first-order valence-corrected chi connectivity index (χ1v) is 12.4. The van der Waals surface area contributed by atoms with Gasteiger partial charge in [-0.25, -0.2) is 8.42 Å². The smallest absolute Gasteiger partial charge is 0.246 e. The lowest BCUT2D eigenvalue weighted by atomic mass is 10.1. The van der Waals surface area contributed by atoms with Crippen LogP contribution >= 0.6 is 0 Å². The fraction of sp³-hybridized carbons (Fsp3) is 0.333. The molecule has 0 bridgehead atoms. The van der Waals surface area contributed by atoms with Gasteiger partial charge in [0.2, 0.25) is 10.0 Å². The third kappa shape index (κ3) is 4.92. The Hall–Kier alpha value is -3.37. The molecule has 4 rings (SSSR count). The molecule has 1 aliphatic heterocycles. The highest BCUT2D eigenvalue weighted by Gasteiger charge is 2.31. The maximum atomic E-state index is 13.2. The number of ether oxygens (including phenoxy) is 3. The van der Waals surface area contributed by atoms with E-state index in [0.717, 1.165) is 17.0 Å². The minimum atomic E-state index is -3.71. The SMILES string of the molecule is CCOc1ccc(-c2ccc(N3CCN(S(=O)(=O)c4ccc(OC)cc4OC)CC3)nn2)cc1. The molecule has 2 aromatic carbocycles. The molecule has 0 saturated carbocycles. The van der Waals surface area contributed by atoms with Gasteiger partial charge in [0, 0.05) is 37.8 Å². The van der Waals surface area contributed by atoms with E-state index in [4.69, 9.17) is 14.2 Å². The van der Waals surface area contributed by atoms with Gasteiger partial charge < -0.3 is 19.1 Å². The molecule has 0 unspecified atom stereocenters. The number of benzene rings is 2. The van der Waals surface area contributed by atoms with Crippen LogP contribution in [0.2, 0.25) is 0 Å². The number of rotatable bonds is 8. The summed E-state index contributed by atoms with van der Waals surface area (Å²) in [6.07, 6.45) is 0. The summed E-state index contributed by atoms with van der Waals surface area (Å²) in [5.41, 5.74) is 1.71. The Morgan fingerprint density at radius 1 is 0.853 bits per heavy atom. The molecule has 0 amide bonds. The van der Waals surface area contributed by atoms with Crippen LogP contribution in [0.3, 0.4) is 0 Å². The van der Waals surface area contributed by atoms with Crippen LogP contribution in [0.5, 0.6) is 17.2 Å². The van der Waals surface area contributed by atoms with Crippen molar-refractivity contribution in [1.82, 2.24) is 14.5 Å². The maximum Gasteiger partial charge on any atom is 0.246 e. The standard InChI is InChI=1S/C24H28N4O5S/c1-4-33-19-7-5-18(6-8-19)21-10-12-24(26-25-21)27-13-15-28(16-14-27)34(29,30)23-11-9-20(31-2)17-22(23)32-3/h5-12,17H,4,13-16H2,1-3H3. The molecule has 9 nitrogen and oxygen atoms in total. The summed E-state index contributed by atoms with van der Waals surface area (Å²) in [6, 6.07) is 16.3. The Labute approximate surface area is 199 Å². The number of piperazine rings is 1. The second-order valence-corrected chi connectivity index (χ2v) is 9.55. The van der Waals surface area contributed by atoms with Crippen molar-refractivity contribution in [1.29, 1.82) is 0 Å². The average Bonchev–Trinajstić information content (AvgIpc) is 2.89. The van der Waals surface area contributed by atoms with Gasteiger partial charge in [0.1, 0.15) is 22.1 Å². The van der Waals surface area contributed by atoms with Crippen molar-refractivity contribution in [3.05, 3.63) is 54.6 Å². The summed E-state index contributed by atoms with van der Waals surface area (Å²) < 4.78 is 43.9. The molecule has 1 aliphatic rings. The molecule has 0 atom stereocenters. The van der Waals surface area contributed by atoms with Gasteiger partial charge in [0.25, 0.3) is 0 Å². The molecule has 1 saturated heterocycles. The number of aromatic nitrogens is 2. The van der Waals surface area contributed by atoms with E-state index in [9.17, 15) is 8.42 Å². The number of sulfonamides is 1. The first-order chi connectivity index (χ1) is 16.5. The normalized spacial score (nSPS) is 14.6. The Kier molecular flexibility index (Phi) is 7.18. The molecule has 34 heavy (non-hydrogen) atoms. The zero-order valence-corrected chi connectivity index (χ0v) is 20.3. The summed E-state index contributed by atoms with van der Waals surface area (Å²) in [4.78, 5) is 2.16. The van der Waals surface area contributed by atoms with Crippen molar-refractivity contribution >= 4 is 15.8 Å². The summed E-state index contributed by atoms with van der Waals surface area (Å²) in [6.45, 7) is 4.25. The molecule has 0 N–H and O–H groups in total. The van der Waals surface area contributed by atoms with Gasteiger partial charge in [-0.2, -0.15) is 4.31 Å². The van der Waals surface area contributed by atoms with E-state index in [-0.39, 0.29) is 10.6 Å². The van der Waals surface area contributed by atoms with Crippen molar-refractivity contribution in [3.63, 3.8) is 0 Å². The molecule has 1 aromatic heterocycles. The highest BCUT2D eigenvalue weighted by Crippen LogP contribution is 2.31. The zero-order valence-electron chi connectivity index (χ0n) is 19.5. The number of hydrogen-bond donors (Lipinski definition) is 0. The number of methoxy groups -OCH3 is 2. The minimum Gasteiger partial charge on any atom is -0.497 e. The lowest BCUT2D eigenvalue weighted by Crippen LogP contribution is -2.49. The average molecular weight is 485 g/mol. The Morgan fingerprint density at radius 3 is 2.15 bits per heavy atom. The van der Waals surface area contributed by atoms with Crippen LogP contribution in [-0.2, 0) is 10.0 Å². The fourth-order valence-corrected chi connectivity index (χ4v) is 5.38. The van der Waals surface area contributed by atoms with Gasteiger partial charge in [0.15, 0.2) is 5.82 Å². The van der Waals surface area contributed by atoms with E-state index in [0.29, 0.717) is 44.4 Å². The lowest BCUT2D eigenvalue weighted by Gasteiger charge is -2.34. The van der Waals surface area contributed by atoms with E-state index in [1.165, 1.54) is 24.6 Å². The summed E-state index contributed by atoms with van der Waals surface area (Å²) in [7, 11) is -0.737. The van der Waals surface area contributed by atoms with Gasteiger partial charge >= 0.3 is 0 Å². The highest BCUT2D eigenvalue weighted by molar-refractivity contribution is 7.89. The first kappa shape index (κ1) is 23.8. The van der Waals surface area contributed by atoms with Crippen LogP contribution in [0.4, 0.5) is 5.82 Å². The largest absolute Gasteiger partial charge is 0.497 e. The summed E-state index contributed by atoms with van der Waals surface area (Å²) in [5, 5.41) is 8.73. The van der Waals surface area contributed by atoms with Crippen LogP contribution in [-0.4, -0.2) is 69.9 Å². The highest BCUT2D eigenvalue weighted by atomic mass is 32.2. The predicted molar refractivity (Wildman–Crippen MR) is 129 cm³/mol. The molecule has 0 spiro atoms. The number of nitrogens with zero attached hydrogens (tertiary/aromatic N) is 4. The number of anilines is 1. The van der Waals surface area contributed by atoms with Crippen molar-refractivity contribution in [2.24, 2.45) is 0 Å². The molecule has 180 valence electrons. The van der Waals surface area contributed by atoms with Crippen molar-refractivity contribution < 1.29 is 22.6 Å². The maximum absolute atomic E-state index is 13.2. The van der Waals surface area contributed by atoms with Gasteiger partial charge in [-0.3, -0.25) is 0 Å². The molecule has 1 fully saturated rings. The van der Waals surface area contributed by atoms with Crippen LogP contribution in [0, 0.1) is 0 Å².